The second-order valence-electron chi connectivity index (χ2n) is 8.79. The lowest BCUT2D eigenvalue weighted by atomic mass is 9.53. The Balaban J connectivity index is 1.31. The Morgan fingerprint density at radius 1 is 1.12 bits per heavy atom. The highest BCUT2D eigenvalue weighted by Gasteiger charge is 2.53. The van der Waals surface area contributed by atoms with Gasteiger partial charge in [-0.1, -0.05) is 12.1 Å². The molecule has 0 radical (unpaired) electrons. The van der Waals surface area contributed by atoms with Gasteiger partial charge in [-0.05, 0) is 61.0 Å². The lowest BCUT2D eigenvalue weighted by Crippen LogP contribution is -3.00. The van der Waals surface area contributed by atoms with Crippen LogP contribution in [0.3, 0.4) is 0 Å². The number of nitrogens with zero attached hydrogens (tertiary/aromatic N) is 1. The summed E-state index contributed by atoms with van der Waals surface area (Å²) in [5, 5.41) is 2.42. The highest BCUT2D eigenvalue weighted by molar-refractivity contribution is 7.98. The molecule has 0 aromatic heterocycles. The fourth-order valence-electron chi connectivity index (χ4n) is 5.98. The number of carbonyl (C=O) groups is 1. The molecule has 4 heteroatoms. The molecular formula is C21H31N2OS+. The molecule has 0 atom stereocenters. The van der Waals surface area contributed by atoms with Crippen LogP contribution in [0.15, 0.2) is 29.2 Å². The van der Waals surface area contributed by atoms with Gasteiger partial charge in [0.1, 0.15) is 0 Å². The molecule has 1 aromatic carbocycles. The van der Waals surface area contributed by atoms with E-state index in [1.165, 1.54) is 49.0 Å². The summed E-state index contributed by atoms with van der Waals surface area (Å²) in [5.74, 6) is 3.12. The van der Waals surface area contributed by atoms with Crippen LogP contribution in [0.25, 0.3) is 0 Å². The first-order chi connectivity index (χ1) is 12.0. The van der Waals surface area contributed by atoms with E-state index < -0.39 is 0 Å². The third kappa shape index (κ3) is 3.75. The minimum atomic E-state index is 0.268. The van der Waals surface area contributed by atoms with E-state index >= 15 is 0 Å². The Labute approximate surface area is 155 Å². The molecule has 0 unspecified atom stereocenters. The zero-order valence-electron chi connectivity index (χ0n) is 15.5. The molecule has 136 valence electrons. The van der Waals surface area contributed by atoms with Crippen LogP contribution in [0, 0.1) is 17.8 Å². The molecular weight excluding hydrogens is 328 g/mol. The van der Waals surface area contributed by atoms with Crippen molar-refractivity contribution in [3.8, 4) is 0 Å². The van der Waals surface area contributed by atoms with Crippen molar-refractivity contribution >= 4 is 17.7 Å². The van der Waals surface area contributed by atoms with Crippen molar-refractivity contribution in [1.29, 1.82) is 0 Å². The number of nitrogens with two attached hydrogens (primary N) is 1. The van der Waals surface area contributed by atoms with Gasteiger partial charge in [0.15, 0.2) is 6.54 Å². The lowest BCUT2D eigenvalue weighted by Gasteiger charge is -2.54. The van der Waals surface area contributed by atoms with Crippen molar-refractivity contribution in [2.45, 2.75) is 55.5 Å². The lowest BCUT2D eigenvalue weighted by molar-refractivity contribution is -0.730. The summed E-state index contributed by atoms with van der Waals surface area (Å²) in [6.07, 6.45) is 10.5. The standard InChI is InChI=1S/C21H30N2OS/c1-23(14-15-3-5-19(25-2)6-4-15)20(24)13-22-21-10-16-7-17(11-21)9-18(8-16)12-21/h3-6,16-18,22H,7-14H2,1-2H3/p+1. The number of likely N-dealkylation sites (N-methyl/N-ethyl adjacent to an activating group) is 1. The van der Waals surface area contributed by atoms with Crippen LogP contribution >= 0.6 is 11.8 Å². The van der Waals surface area contributed by atoms with Crippen LogP contribution in [-0.4, -0.2) is 36.2 Å². The Hall–Kier alpha value is -1.00. The second-order valence-corrected chi connectivity index (χ2v) is 9.67. The molecule has 4 fully saturated rings. The number of thioether (sulfide) groups is 1. The molecule has 4 aliphatic rings. The number of hydrogen-bond acceptors (Lipinski definition) is 2. The van der Waals surface area contributed by atoms with E-state index in [9.17, 15) is 4.79 Å². The summed E-state index contributed by atoms with van der Waals surface area (Å²) in [4.78, 5) is 15.8. The molecule has 25 heavy (non-hydrogen) atoms. The predicted octanol–water partition coefficient (Wildman–Crippen LogP) is 2.90. The van der Waals surface area contributed by atoms with Crippen molar-refractivity contribution in [3.05, 3.63) is 29.8 Å². The maximum atomic E-state index is 12.7. The second kappa shape index (κ2) is 6.96. The van der Waals surface area contributed by atoms with Gasteiger partial charge in [0.2, 0.25) is 0 Å². The first kappa shape index (κ1) is 17.4. The summed E-state index contributed by atoms with van der Waals surface area (Å²) in [7, 11) is 1.94. The first-order valence-electron chi connectivity index (χ1n) is 9.76. The van der Waals surface area contributed by atoms with Crippen LogP contribution in [0.5, 0.6) is 0 Å². The van der Waals surface area contributed by atoms with Crippen LogP contribution in [0.2, 0.25) is 0 Å². The number of quaternary nitrogens is 1. The molecule has 2 N–H and O–H groups in total. The van der Waals surface area contributed by atoms with E-state index in [1.807, 2.05) is 11.9 Å². The van der Waals surface area contributed by atoms with Crippen LogP contribution < -0.4 is 5.32 Å². The largest absolute Gasteiger partial charge is 0.337 e. The molecule has 4 bridgehead atoms. The van der Waals surface area contributed by atoms with E-state index in [4.69, 9.17) is 0 Å². The first-order valence-corrected chi connectivity index (χ1v) is 11.0. The molecule has 0 aliphatic heterocycles. The normalized spacial score (nSPS) is 32.8. The van der Waals surface area contributed by atoms with Crippen LogP contribution in [0.4, 0.5) is 0 Å². The van der Waals surface area contributed by atoms with Crippen molar-refractivity contribution < 1.29 is 10.1 Å². The quantitative estimate of drug-likeness (QED) is 0.793. The molecule has 5 rings (SSSR count). The van der Waals surface area contributed by atoms with Gasteiger partial charge in [0.05, 0.1) is 5.54 Å². The van der Waals surface area contributed by atoms with Gasteiger partial charge in [-0.2, -0.15) is 0 Å². The van der Waals surface area contributed by atoms with Crippen LogP contribution in [0.1, 0.15) is 44.1 Å². The third-order valence-corrected chi connectivity index (χ3v) is 7.54. The number of amides is 1. The predicted molar refractivity (Wildman–Crippen MR) is 102 cm³/mol. The minimum Gasteiger partial charge on any atom is -0.337 e. The monoisotopic (exact) mass is 359 g/mol. The Kier molecular flexibility index (Phi) is 4.85. The Morgan fingerprint density at radius 2 is 1.68 bits per heavy atom. The van der Waals surface area contributed by atoms with Crippen molar-refractivity contribution in [3.63, 3.8) is 0 Å². The van der Waals surface area contributed by atoms with Gasteiger partial charge >= 0.3 is 0 Å². The zero-order chi connectivity index (χ0) is 17.4. The maximum Gasteiger partial charge on any atom is 0.277 e. The van der Waals surface area contributed by atoms with Gasteiger partial charge in [-0.3, -0.25) is 4.79 Å². The average molecular weight is 360 g/mol. The van der Waals surface area contributed by atoms with Gasteiger partial charge < -0.3 is 10.2 Å². The van der Waals surface area contributed by atoms with Gasteiger partial charge in [0, 0.05) is 37.8 Å². The molecule has 0 saturated heterocycles. The van der Waals surface area contributed by atoms with Gasteiger partial charge in [-0.25, -0.2) is 0 Å². The zero-order valence-corrected chi connectivity index (χ0v) is 16.4. The molecule has 4 aliphatic carbocycles. The number of benzene rings is 1. The molecule has 3 nitrogen and oxygen atoms in total. The fraction of sp³-hybridized carbons (Fsp3) is 0.667. The van der Waals surface area contributed by atoms with Crippen molar-refractivity contribution in [1.82, 2.24) is 4.90 Å². The van der Waals surface area contributed by atoms with E-state index in [2.05, 4.69) is 35.8 Å². The SMILES string of the molecule is CSc1ccc(CN(C)C(=O)C[NH2+]C23CC4CC(CC(C4)C2)C3)cc1. The molecule has 1 amide bonds. The number of carbonyl (C=O) groups excluding carboxylic acids is 1. The molecule has 4 saturated carbocycles. The summed E-state index contributed by atoms with van der Waals surface area (Å²) in [6, 6.07) is 8.55. The van der Waals surface area contributed by atoms with E-state index in [0.29, 0.717) is 18.6 Å². The maximum absolute atomic E-state index is 12.7. The third-order valence-electron chi connectivity index (χ3n) is 6.80. The average Bonchev–Trinajstić information content (AvgIpc) is 2.59. The van der Waals surface area contributed by atoms with Crippen molar-refractivity contribution in [2.24, 2.45) is 17.8 Å². The molecule has 1 aromatic rings. The van der Waals surface area contributed by atoms with Gasteiger partial charge in [0.25, 0.3) is 5.91 Å². The summed E-state index contributed by atoms with van der Waals surface area (Å²) in [5.41, 5.74) is 1.61. The topological polar surface area (TPSA) is 36.9 Å². The minimum absolute atomic E-state index is 0.268. The van der Waals surface area contributed by atoms with E-state index in [0.717, 1.165) is 17.8 Å². The summed E-state index contributed by atoms with van der Waals surface area (Å²) >= 11 is 1.75. The summed E-state index contributed by atoms with van der Waals surface area (Å²) in [6.45, 7) is 1.33. The van der Waals surface area contributed by atoms with Crippen molar-refractivity contribution in [2.75, 3.05) is 19.8 Å². The molecule has 0 spiro atoms. The Morgan fingerprint density at radius 3 is 2.20 bits per heavy atom. The van der Waals surface area contributed by atoms with E-state index in [-0.39, 0.29) is 5.91 Å². The summed E-state index contributed by atoms with van der Waals surface area (Å²) < 4.78 is 0. The number of rotatable bonds is 6. The molecule has 0 heterocycles. The Bertz CT molecular complexity index is 592. The fourth-order valence-corrected chi connectivity index (χ4v) is 6.39. The highest BCUT2D eigenvalue weighted by Crippen LogP contribution is 2.54. The highest BCUT2D eigenvalue weighted by atomic mass is 32.2. The smallest absolute Gasteiger partial charge is 0.277 e. The van der Waals surface area contributed by atoms with Gasteiger partial charge in [-0.15, -0.1) is 11.8 Å². The van der Waals surface area contributed by atoms with Crippen LogP contribution in [-0.2, 0) is 11.3 Å². The van der Waals surface area contributed by atoms with E-state index in [1.54, 1.807) is 11.8 Å². The number of hydrogen-bond donors (Lipinski definition) is 1.